The Kier molecular flexibility index (Phi) is 3.18. The van der Waals surface area contributed by atoms with Crippen molar-refractivity contribution in [1.82, 2.24) is 4.98 Å². The van der Waals surface area contributed by atoms with E-state index in [-0.39, 0.29) is 13.2 Å². The third kappa shape index (κ3) is 2.27. The van der Waals surface area contributed by atoms with Gasteiger partial charge < -0.3 is 15.1 Å². The fourth-order valence-electron chi connectivity index (χ4n) is 1.80. The largest absolute Gasteiger partial charge is 0.395 e. The van der Waals surface area contributed by atoms with Gasteiger partial charge in [0.05, 0.1) is 25.1 Å². The molecule has 0 atom stereocenters. The SMILES string of the molecule is OCCN(c1cnccc1CO)C1CC1. The molecule has 0 spiro atoms. The average molecular weight is 208 g/mol. The van der Waals surface area contributed by atoms with Crippen LogP contribution in [-0.2, 0) is 6.61 Å². The summed E-state index contributed by atoms with van der Waals surface area (Å²) in [5, 5.41) is 18.2. The molecular weight excluding hydrogens is 192 g/mol. The van der Waals surface area contributed by atoms with E-state index in [9.17, 15) is 5.11 Å². The summed E-state index contributed by atoms with van der Waals surface area (Å²) in [6.07, 6.45) is 5.78. The van der Waals surface area contributed by atoms with E-state index in [0.29, 0.717) is 12.6 Å². The highest BCUT2D eigenvalue weighted by molar-refractivity contribution is 5.53. The number of aromatic nitrogens is 1. The van der Waals surface area contributed by atoms with E-state index in [0.717, 1.165) is 11.3 Å². The van der Waals surface area contributed by atoms with Crippen LogP contribution in [0.4, 0.5) is 5.69 Å². The maximum atomic E-state index is 9.22. The fraction of sp³-hybridized carbons (Fsp3) is 0.545. The second-order valence-electron chi connectivity index (χ2n) is 3.81. The first-order chi connectivity index (χ1) is 7.36. The van der Waals surface area contributed by atoms with Crippen LogP contribution in [0.1, 0.15) is 18.4 Å². The minimum atomic E-state index is 0.0203. The van der Waals surface area contributed by atoms with Crippen molar-refractivity contribution in [3.05, 3.63) is 24.0 Å². The highest BCUT2D eigenvalue weighted by atomic mass is 16.3. The summed E-state index contributed by atoms with van der Waals surface area (Å²) in [6.45, 7) is 0.770. The molecule has 1 aromatic heterocycles. The lowest BCUT2D eigenvalue weighted by Gasteiger charge is -2.25. The predicted octanol–water partition coefficient (Wildman–Crippen LogP) is 0.535. The Hall–Kier alpha value is -1.13. The van der Waals surface area contributed by atoms with E-state index in [1.165, 1.54) is 12.8 Å². The Morgan fingerprint density at radius 3 is 2.80 bits per heavy atom. The van der Waals surface area contributed by atoms with Crippen molar-refractivity contribution >= 4 is 5.69 Å². The van der Waals surface area contributed by atoms with Gasteiger partial charge in [-0.05, 0) is 18.9 Å². The lowest BCUT2D eigenvalue weighted by atomic mass is 10.2. The topological polar surface area (TPSA) is 56.6 Å². The highest BCUT2D eigenvalue weighted by Gasteiger charge is 2.29. The zero-order valence-electron chi connectivity index (χ0n) is 8.63. The van der Waals surface area contributed by atoms with E-state index in [2.05, 4.69) is 9.88 Å². The van der Waals surface area contributed by atoms with Gasteiger partial charge in [-0.2, -0.15) is 0 Å². The molecule has 0 unspecified atom stereocenters. The van der Waals surface area contributed by atoms with E-state index >= 15 is 0 Å². The molecule has 1 saturated carbocycles. The molecular formula is C11H16N2O2. The van der Waals surface area contributed by atoms with Gasteiger partial charge in [0.2, 0.25) is 0 Å². The smallest absolute Gasteiger partial charge is 0.0703 e. The predicted molar refractivity (Wildman–Crippen MR) is 57.6 cm³/mol. The summed E-state index contributed by atoms with van der Waals surface area (Å²) in [6, 6.07) is 2.34. The van der Waals surface area contributed by atoms with Gasteiger partial charge >= 0.3 is 0 Å². The molecule has 15 heavy (non-hydrogen) atoms. The van der Waals surface area contributed by atoms with Crippen LogP contribution in [0, 0.1) is 0 Å². The Labute approximate surface area is 89.2 Å². The van der Waals surface area contributed by atoms with E-state index in [1.807, 2.05) is 6.07 Å². The van der Waals surface area contributed by atoms with Gasteiger partial charge in [-0.1, -0.05) is 0 Å². The van der Waals surface area contributed by atoms with Crippen LogP contribution in [0.2, 0.25) is 0 Å². The normalized spacial score (nSPS) is 15.3. The maximum Gasteiger partial charge on any atom is 0.0703 e. The molecule has 0 amide bonds. The van der Waals surface area contributed by atoms with Crippen LogP contribution in [-0.4, -0.2) is 34.4 Å². The van der Waals surface area contributed by atoms with Crippen LogP contribution in [0.3, 0.4) is 0 Å². The van der Waals surface area contributed by atoms with Crippen molar-refractivity contribution < 1.29 is 10.2 Å². The molecule has 0 aromatic carbocycles. The molecule has 4 heteroatoms. The molecule has 0 bridgehead atoms. The van der Waals surface area contributed by atoms with Gasteiger partial charge in [0.1, 0.15) is 0 Å². The van der Waals surface area contributed by atoms with Crippen LogP contribution >= 0.6 is 0 Å². The number of hydrogen-bond donors (Lipinski definition) is 2. The molecule has 1 heterocycles. The molecule has 0 radical (unpaired) electrons. The minimum Gasteiger partial charge on any atom is -0.395 e. The monoisotopic (exact) mass is 208 g/mol. The van der Waals surface area contributed by atoms with Crippen LogP contribution in [0.25, 0.3) is 0 Å². The van der Waals surface area contributed by atoms with Gasteiger partial charge in [-0.25, -0.2) is 0 Å². The van der Waals surface area contributed by atoms with Gasteiger partial charge in [-0.3, -0.25) is 4.98 Å². The van der Waals surface area contributed by atoms with E-state index < -0.39 is 0 Å². The molecule has 1 aromatic rings. The van der Waals surface area contributed by atoms with Crippen LogP contribution in [0.5, 0.6) is 0 Å². The molecule has 2 N–H and O–H groups in total. The molecule has 82 valence electrons. The van der Waals surface area contributed by atoms with Gasteiger partial charge in [-0.15, -0.1) is 0 Å². The Bertz CT molecular complexity index is 326. The van der Waals surface area contributed by atoms with Crippen molar-refractivity contribution in [2.24, 2.45) is 0 Å². The molecule has 2 rings (SSSR count). The van der Waals surface area contributed by atoms with Crippen molar-refractivity contribution in [2.45, 2.75) is 25.5 Å². The maximum absolute atomic E-state index is 9.22. The molecule has 1 aliphatic rings. The zero-order valence-corrected chi connectivity index (χ0v) is 8.63. The van der Waals surface area contributed by atoms with Gasteiger partial charge in [0.15, 0.2) is 0 Å². The Balaban J connectivity index is 2.23. The summed E-state index contributed by atoms with van der Waals surface area (Å²) in [5.74, 6) is 0. The Morgan fingerprint density at radius 1 is 1.40 bits per heavy atom. The standard InChI is InChI=1S/C11H16N2O2/c14-6-5-13(10-1-2-10)11-7-12-4-3-9(11)8-15/h3-4,7,10,14-15H,1-2,5-6,8H2. The second kappa shape index (κ2) is 4.59. The van der Waals surface area contributed by atoms with Crippen molar-refractivity contribution in [2.75, 3.05) is 18.1 Å². The number of aliphatic hydroxyl groups is 2. The van der Waals surface area contributed by atoms with E-state index in [1.54, 1.807) is 12.4 Å². The summed E-state index contributed by atoms with van der Waals surface area (Å²) < 4.78 is 0. The summed E-state index contributed by atoms with van der Waals surface area (Å²) in [4.78, 5) is 6.21. The quantitative estimate of drug-likeness (QED) is 0.741. The second-order valence-corrected chi connectivity index (χ2v) is 3.81. The van der Waals surface area contributed by atoms with Crippen LogP contribution in [0.15, 0.2) is 18.5 Å². The number of anilines is 1. The molecule has 0 saturated heterocycles. The molecule has 0 aliphatic heterocycles. The first-order valence-electron chi connectivity index (χ1n) is 5.28. The number of rotatable bonds is 5. The molecule has 1 fully saturated rings. The Morgan fingerprint density at radius 2 is 2.20 bits per heavy atom. The van der Waals surface area contributed by atoms with E-state index in [4.69, 9.17) is 5.11 Å². The summed E-state index contributed by atoms with van der Waals surface area (Å²) in [7, 11) is 0. The highest BCUT2D eigenvalue weighted by Crippen LogP contribution is 2.32. The lowest BCUT2D eigenvalue weighted by molar-refractivity contribution is 0.280. The lowest BCUT2D eigenvalue weighted by Crippen LogP contribution is -2.29. The number of pyridine rings is 1. The zero-order chi connectivity index (χ0) is 10.7. The van der Waals surface area contributed by atoms with Gasteiger partial charge in [0.25, 0.3) is 0 Å². The minimum absolute atomic E-state index is 0.0203. The van der Waals surface area contributed by atoms with Crippen LogP contribution < -0.4 is 4.90 Å². The van der Waals surface area contributed by atoms with Crippen molar-refractivity contribution in [1.29, 1.82) is 0 Å². The number of hydrogen-bond acceptors (Lipinski definition) is 4. The third-order valence-corrected chi connectivity index (χ3v) is 2.70. The fourth-order valence-corrected chi connectivity index (χ4v) is 1.80. The molecule has 4 nitrogen and oxygen atoms in total. The third-order valence-electron chi connectivity index (χ3n) is 2.70. The van der Waals surface area contributed by atoms with Gasteiger partial charge in [0, 0.05) is 24.3 Å². The first-order valence-corrected chi connectivity index (χ1v) is 5.28. The molecule has 1 aliphatic carbocycles. The average Bonchev–Trinajstić information content (AvgIpc) is 3.10. The first kappa shape index (κ1) is 10.4. The van der Waals surface area contributed by atoms with Crippen molar-refractivity contribution in [3.63, 3.8) is 0 Å². The summed E-state index contributed by atoms with van der Waals surface area (Å²) in [5.41, 5.74) is 1.84. The van der Waals surface area contributed by atoms with Crippen molar-refractivity contribution in [3.8, 4) is 0 Å². The number of nitrogens with zero attached hydrogens (tertiary/aromatic N) is 2. The number of aliphatic hydroxyl groups excluding tert-OH is 2. The summed E-state index contributed by atoms with van der Waals surface area (Å²) >= 11 is 0.